The number of fused-ring (bicyclic) bond motifs is 1. The van der Waals surface area contributed by atoms with Crippen LogP contribution in [0.3, 0.4) is 0 Å². The highest BCUT2D eigenvalue weighted by Gasteiger charge is 2.45. The monoisotopic (exact) mass is 452 g/mol. The topological polar surface area (TPSA) is 126 Å². The van der Waals surface area contributed by atoms with E-state index in [9.17, 15) is 18.5 Å². The van der Waals surface area contributed by atoms with Crippen LogP contribution >= 0.6 is 0 Å². The Morgan fingerprint density at radius 3 is 2.62 bits per heavy atom. The minimum atomic E-state index is -3.33. The molecule has 4 rings (SSSR count). The van der Waals surface area contributed by atoms with Crippen LogP contribution in [0.15, 0.2) is 54.9 Å². The second-order valence-electron chi connectivity index (χ2n) is 8.29. The van der Waals surface area contributed by atoms with E-state index in [1.165, 1.54) is 0 Å². The number of nitrogens with zero attached hydrogens (tertiary/aromatic N) is 2. The number of hydrogen-bond donors (Lipinski definition) is 2. The molecule has 1 amide bonds. The van der Waals surface area contributed by atoms with Gasteiger partial charge in [0.2, 0.25) is 5.91 Å². The number of sulfone groups is 1. The van der Waals surface area contributed by atoms with E-state index < -0.39 is 33.1 Å². The Morgan fingerprint density at radius 1 is 1.31 bits per heavy atom. The molecule has 2 aromatic rings. The second-order valence-corrected chi connectivity index (χ2v) is 10.5. The maximum atomic E-state index is 12.5. The van der Waals surface area contributed by atoms with E-state index in [1.54, 1.807) is 0 Å². The molecule has 32 heavy (non-hydrogen) atoms. The van der Waals surface area contributed by atoms with Crippen molar-refractivity contribution in [2.24, 2.45) is 5.73 Å². The maximum absolute atomic E-state index is 12.5. The van der Waals surface area contributed by atoms with E-state index in [4.69, 9.17) is 10.5 Å². The summed E-state index contributed by atoms with van der Waals surface area (Å²) < 4.78 is 29.0. The van der Waals surface area contributed by atoms with E-state index in [-0.39, 0.29) is 18.6 Å². The highest BCUT2D eigenvalue weighted by molar-refractivity contribution is 7.91. The zero-order chi connectivity index (χ0) is 23.1. The van der Waals surface area contributed by atoms with Crippen molar-refractivity contribution in [3.8, 4) is 22.9 Å². The number of rotatable bonds is 5. The van der Waals surface area contributed by atoms with Crippen LogP contribution in [-0.4, -0.2) is 44.5 Å². The molecule has 2 heterocycles. The van der Waals surface area contributed by atoms with Crippen LogP contribution < -0.4 is 20.7 Å². The summed E-state index contributed by atoms with van der Waals surface area (Å²) in [4.78, 5) is 14.4. The molecule has 0 aromatic heterocycles. The highest BCUT2D eigenvalue weighted by Crippen LogP contribution is 2.40. The lowest BCUT2D eigenvalue weighted by molar-refractivity contribution is -0.125. The number of nitrogens with one attached hydrogen (secondary N) is 1. The van der Waals surface area contributed by atoms with Gasteiger partial charge in [0.15, 0.2) is 21.5 Å². The zero-order valence-corrected chi connectivity index (χ0v) is 18.5. The molecular weight excluding hydrogens is 428 g/mol. The van der Waals surface area contributed by atoms with Crippen molar-refractivity contribution in [3.05, 3.63) is 60.5 Å². The molecule has 0 radical (unpaired) electrons. The number of hydrogen-bond acceptors (Lipinski definition) is 7. The fourth-order valence-corrected chi connectivity index (χ4v) is 5.81. The van der Waals surface area contributed by atoms with Gasteiger partial charge in [-0.25, -0.2) is 8.42 Å². The first-order valence-corrected chi connectivity index (χ1v) is 12.0. The van der Waals surface area contributed by atoms with Crippen molar-refractivity contribution < 1.29 is 17.9 Å². The van der Waals surface area contributed by atoms with E-state index in [0.29, 0.717) is 5.88 Å². The summed E-state index contributed by atoms with van der Waals surface area (Å²) in [6.45, 7) is 3.87. The van der Waals surface area contributed by atoms with E-state index in [0.717, 1.165) is 28.1 Å². The number of amides is 1. The first kappa shape index (κ1) is 21.9. The Kier molecular flexibility index (Phi) is 5.44. The molecule has 2 aliphatic rings. The van der Waals surface area contributed by atoms with Gasteiger partial charge in [-0.15, -0.1) is 0 Å². The average molecular weight is 453 g/mol. The summed E-state index contributed by atoms with van der Waals surface area (Å²) in [7, 11) is -1.43. The van der Waals surface area contributed by atoms with Gasteiger partial charge in [-0.3, -0.25) is 4.79 Å². The maximum Gasteiger partial charge on any atom is 0.242 e. The van der Waals surface area contributed by atoms with Gasteiger partial charge < -0.3 is 20.7 Å². The van der Waals surface area contributed by atoms with Crippen molar-refractivity contribution in [2.45, 2.75) is 24.4 Å². The third-order valence-corrected chi connectivity index (χ3v) is 7.68. The van der Waals surface area contributed by atoms with Crippen molar-refractivity contribution in [1.29, 1.82) is 5.26 Å². The quantitative estimate of drug-likeness (QED) is 0.707. The summed E-state index contributed by atoms with van der Waals surface area (Å²) in [6, 6.07) is 14.8. The van der Waals surface area contributed by atoms with Crippen molar-refractivity contribution in [2.75, 3.05) is 23.5 Å². The zero-order valence-electron chi connectivity index (χ0n) is 17.7. The first-order chi connectivity index (χ1) is 15.1. The molecule has 0 bridgehead atoms. The minimum Gasteiger partial charge on any atom is -0.439 e. The summed E-state index contributed by atoms with van der Waals surface area (Å²) in [5, 5.41) is 12.1. The van der Waals surface area contributed by atoms with Crippen LogP contribution in [0.5, 0.6) is 5.75 Å². The molecule has 1 fully saturated rings. The first-order valence-electron chi connectivity index (χ1n) is 10.1. The molecule has 9 heteroatoms. The smallest absolute Gasteiger partial charge is 0.242 e. The SMILES string of the molecule is C=C1Oc2ccc(-c3ccc(CC(C#N)NC(=O)C4(N)CCS(=O)(=O)C4)cc3)cc2N1C. The lowest BCUT2D eigenvalue weighted by Crippen LogP contribution is -2.57. The largest absolute Gasteiger partial charge is 0.439 e. The lowest BCUT2D eigenvalue weighted by Gasteiger charge is -2.23. The Morgan fingerprint density at radius 2 is 2.00 bits per heavy atom. The fraction of sp³-hybridized carbons (Fsp3) is 0.304. The molecule has 0 spiro atoms. The molecule has 166 valence electrons. The van der Waals surface area contributed by atoms with Gasteiger partial charge in [0.05, 0.1) is 23.3 Å². The Labute approximate surface area is 187 Å². The minimum absolute atomic E-state index is 0.0579. The van der Waals surface area contributed by atoms with Gasteiger partial charge in [0.25, 0.3) is 0 Å². The fourth-order valence-electron chi connectivity index (χ4n) is 3.93. The number of nitriles is 1. The van der Waals surface area contributed by atoms with Crippen LogP contribution in [0.4, 0.5) is 5.69 Å². The normalized spacial score (nSPS) is 22.0. The van der Waals surface area contributed by atoms with Crippen LogP contribution in [-0.2, 0) is 21.1 Å². The van der Waals surface area contributed by atoms with Crippen molar-refractivity contribution in [1.82, 2.24) is 5.32 Å². The molecule has 2 atom stereocenters. The average Bonchev–Trinajstić information content (AvgIpc) is 3.22. The summed E-state index contributed by atoms with van der Waals surface area (Å²) in [5.41, 5.74) is 8.33. The number of carbonyl (C=O) groups is 1. The molecule has 0 saturated carbocycles. The van der Waals surface area contributed by atoms with Crippen molar-refractivity contribution in [3.63, 3.8) is 0 Å². The van der Waals surface area contributed by atoms with Crippen LogP contribution in [0.2, 0.25) is 0 Å². The van der Waals surface area contributed by atoms with E-state index in [2.05, 4.69) is 18.0 Å². The summed E-state index contributed by atoms with van der Waals surface area (Å²) in [5.74, 6) is 0.221. The number of nitrogens with two attached hydrogens (primary N) is 1. The second kappa shape index (κ2) is 7.97. The Hall–Kier alpha value is -3.35. The number of benzene rings is 2. The number of ether oxygens (including phenoxy) is 1. The van der Waals surface area contributed by atoms with Gasteiger partial charge in [-0.05, 0) is 41.8 Å². The van der Waals surface area contributed by atoms with E-state index >= 15 is 0 Å². The summed E-state index contributed by atoms with van der Waals surface area (Å²) >= 11 is 0. The predicted octanol–water partition coefficient (Wildman–Crippen LogP) is 1.72. The standard InChI is InChI=1S/C23H24N4O4S/c1-15-27(2)20-12-18(7-8-21(20)31-15)17-5-3-16(4-6-17)11-19(13-24)26-22(28)23(25)9-10-32(29,30)14-23/h3-8,12,19H,1,9-11,14,25H2,2H3,(H,26,28). The molecule has 0 aliphatic carbocycles. The lowest BCUT2D eigenvalue weighted by atomic mass is 9.97. The molecule has 3 N–H and O–H groups in total. The van der Waals surface area contributed by atoms with Gasteiger partial charge in [0, 0.05) is 13.5 Å². The van der Waals surface area contributed by atoms with Crippen molar-refractivity contribution >= 4 is 21.4 Å². The van der Waals surface area contributed by atoms with Crippen LogP contribution in [0.1, 0.15) is 12.0 Å². The predicted molar refractivity (Wildman–Crippen MR) is 121 cm³/mol. The van der Waals surface area contributed by atoms with Gasteiger partial charge in [0.1, 0.15) is 11.6 Å². The number of anilines is 1. The van der Waals surface area contributed by atoms with Gasteiger partial charge in [-0.2, -0.15) is 5.26 Å². The third-order valence-electron chi connectivity index (χ3n) is 5.90. The van der Waals surface area contributed by atoms with Gasteiger partial charge in [-0.1, -0.05) is 30.3 Å². The Balaban J connectivity index is 1.44. The molecule has 1 saturated heterocycles. The van der Waals surface area contributed by atoms with Crippen LogP contribution in [0.25, 0.3) is 11.1 Å². The summed E-state index contributed by atoms with van der Waals surface area (Å²) in [6.07, 6.45) is 0.342. The van der Waals surface area contributed by atoms with Crippen LogP contribution in [0, 0.1) is 11.3 Å². The molecular formula is C23H24N4O4S. The third kappa shape index (κ3) is 4.20. The van der Waals surface area contributed by atoms with E-state index in [1.807, 2.05) is 54.4 Å². The Bertz CT molecular complexity index is 1230. The molecule has 2 aromatic carbocycles. The molecule has 8 nitrogen and oxygen atoms in total. The van der Waals surface area contributed by atoms with Gasteiger partial charge >= 0.3 is 0 Å². The molecule has 2 aliphatic heterocycles. The highest BCUT2D eigenvalue weighted by atomic mass is 32.2. The molecule has 2 unspecified atom stereocenters. The number of carbonyl (C=O) groups excluding carboxylic acids is 1.